The van der Waals surface area contributed by atoms with Crippen LogP contribution >= 0.6 is 0 Å². The number of hydrogen-bond donors (Lipinski definition) is 2. The SMILES string of the molecule is CCOCCC[n+]1c(-c2ccccc2)c2cc(N)ccc2c2ccc(N)cc21.CS(=O)(=O)[O-]. The first-order valence-corrected chi connectivity index (χ1v) is 12.5. The molecule has 1 aromatic heterocycles. The monoisotopic (exact) mass is 467 g/mol. The van der Waals surface area contributed by atoms with Crippen LogP contribution in [0.3, 0.4) is 0 Å². The minimum Gasteiger partial charge on any atom is -0.748 e. The first kappa shape index (κ1) is 24.4. The van der Waals surface area contributed by atoms with E-state index in [1.165, 1.54) is 16.3 Å². The van der Waals surface area contributed by atoms with E-state index in [1.54, 1.807) is 0 Å². The van der Waals surface area contributed by atoms with Crippen molar-refractivity contribution < 1.29 is 22.3 Å². The van der Waals surface area contributed by atoms with Gasteiger partial charge in [0.05, 0.1) is 27.5 Å². The number of benzene rings is 3. The van der Waals surface area contributed by atoms with Crippen molar-refractivity contribution in [2.45, 2.75) is 19.9 Å². The molecule has 0 saturated carbocycles. The highest BCUT2D eigenvalue weighted by Gasteiger charge is 2.23. The van der Waals surface area contributed by atoms with Crippen molar-refractivity contribution in [3.63, 3.8) is 0 Å². The second-order valence-electron chi connectivity index (χ2n) is 7.70. The van der Waals surface area contributed by atoms with Gasteiger partial charge in [0.25, 0.3) is 0 Å². The second kappa shape index (κ2) is 10.6. The Bertz CT molecular complexity index is 1350. The molecule has 33 heavy (non-hydrogen) atoms. The average Bonchev–Trinajstić information content (AvgIpc) is 2.76. The third kappa shape index (κ3) is 6.41. The van der Waals surface area contributed by atoms with Gasteiger partial charge in [0.15, 0.2) is 6.54 Å². The van der Waals surface area contributed by atoms with Crippen molar-refractivity contribution in [2.75, 3.05) is 30.9 Å². The summed E-state index contributed by atoms with van der Waals surface area (Å²) in [5.74, 6) is 0. The Balaban J connectivity index is 0.000000555. The lowest BCUT2D eigenvalue weighted by atomic mass is 9.98. The van der Waals surface area contributed by atoms with Crippen molar-refractivity contribution in [2.24, 2.45) is 0 Å². The fourth-order valence-corrected chi connectivity index (χ4v) is 3.87. The number of nitrogens with zero attached hydrogens (tertiary/aromatic N) is 1. The third-order valence-corrected chi connectivity index (χ3v) is 5.09. The Morgan fingerprint density at radius 1 is 0.909 bits per heavy atom. The molecule has 0 fully saturated rings. The predicted molar refractivity (Wildman–Crippen MR) is 133 cm³/mol. The molecule has 4 rings (SSSR count). The van der Waals surface area contributed by atoms with Crippen molar-refractivity contribution in [1.29, 1.82) is 0 Å². The summed E-state index contributed by atoms with van der Waals surface area (Å²) in [6.07, 6.45) is 1.53. The fraction of sp³-hybridized carbons (Fsp3) is 0.240. The molecule has 1 heterocycles. The van der Waals surface area contributed by atoms with Crippen LogP contribution in [0.5, 0.6) is 0 Å². The molecule has 3 aromatic carbocycles. The predicted octanol–water partition coefficient (Wildman–Crippen LogP) is 3.70. The van der Waals surface area contributed by atoms with E-state index in [9.17, 15) is 0 Å². The summed E-state index contributed by atoms with van der Waals surface area (Å²) in [5.41, 5.74) is 17.3. The van der Waals surface area contributed by atoms with Gasteiger partial charge >= 0.3 is 0 Å². The maximum absolute atomic E-state index is 9.08. The van der Waals surface area contributed by atoms with Crippen LogP contribution in [-0.2, 0) is 21.4 Å². The summed E-state index contributed by atoms with van der Waals surface area (Å²) in [7, 11) is -3.92. The molecule has 174 valence electrons. The van der Waals surface area contributed by atoms with Crippen LogP contribution in [0.1, 0.15) is 13.3 Å². The van der Waals surface area contributed by atoms with Gasteiger partial charge in [-0.15, -0.1) is 0 Å². The van der Waals surface area contributed by atoms with Crippen molar-refractivity contribution in [3.05, 3.63) is 66.7 Å². The van der Waals surface area contributed by atoms with Gasteiger partial charge in [-0.1, -0.05) is 24.3 Å². The number of aromatic nitrogens is 1. The fourth-order valence-electron chi connectivity index (χ4n) is 3.87. The standard InChI is InChI=1S/C24H25N3O.CH4O3S/c1-2-28-14-6-13-27-23-16-19(26)10-12-21(23)20-11-9-18(25)15-22(20)24(27)17-7-4-3-5-8-17;1-5(2,3)4/h3-5,7-12,15-16,26H,2,6,13-14,25H2,1H3;1H3,(H,2,3,4). The van der Waals surface area contributed by atoms with Crippen LogP contribution in [0.15, 0.2) is 66.7 Å². The number of fused-ring (bicyclic) bond motifs is 3. The van der Waals surface area contributed by atoms with Gasteiger partial charge < -0.3 is 20.8 Å². The molecule has 0 aliphatic carbocycles. The number of hydrogen-bond acceptors (Lipinski definition) is 6. The van der Waals surface area contributed by atoms with Gasteiger partial charge in [0, 0.05) is 47.7 Å². The first-order chi connectivity index (χ1) is 15.7. The van der Waals surface area contributed by atoms with Gasteiger partial charge in [0.2, 0.25) is 11.2 Å². The van der Waals surface area contributed by atoms with Gasteiger partial charge in [-0.3, -0.25) is 0 Å². The molecule has 0 radical (unpaired) electrons. The van der Waals surface area contributed by atoms with E-state index in [4.69, 9.17) is 29.2 Å². The van der Waals surface area contributed by atoms with Gasteiger partial charge in [-0.05, 0) is 43.3 Å². The third-order valence-electron chi connectivity index (χ3n) is 5.09. The van der Waals surface area contributed by atoms with Crippen molar-refractivity contribution in [1.82, 2.24) is 0 Å². The number of nitrogens with two attached hydrogens (primary N) is 2. The molecule has 0 unspecified atom stereocenters. The average molecular weight is 468 g/mol. The zero-order valence-corrected chi connectivity index (χ0v) is 19.6. The number of anilines is 2. The highest BCUT2D eigenvalue weighted by Crippen LogP contribution is 2.33. The smallest absolute Gasteiger partial charge is 0.220 e. The van der Waals surface area contributed by atoms with Gasteiger partial charge in [-0.25, -0.2) is 8.42 Å². The van der Waals surface area contributed by atoms with E-state index in [1.807, 2.05) is 25.1 Å². The Morgan fingerprint density at radius 2 is 1.52 bits per heavy atom. The molecule has 0 aliphatic rings. The highest BCUT2D eigenvalue weighted by atomic mass is 32.2. The van der Waals surface area contributed by atoms with E-state index in [-0.39, 0.29) is 0 Å². The molecule has 0 aliphatic heterocycles. The Hall–Kier alpha value is -3.20. The molecule has 7 nitrogen and oxygen atoms in total. The van der Waals surface area contributed by atoms with E-state index < -0.39 is 10.1 Å². The largest absolute Gasteiger partial charge is 0.748 e. The normalized spacial score (nSPS) is 11.4. The lowest BCUT2D eigenvalue weighted by Crippen LogP contribution is -2.38. The molecule has 0 bridgehead atoms. The molecule has 4 aromatic rings. The summed E-state index contributed by atoms with van der Waals surface area (Å²) in [4.78, 5) is 0. The van der Waals surface area contributed by atoms with E-state index >= 15 is 0 Å². The lowest BCUT2D eigenvalue weighted by Gasteiger charge is -2.13. The maximum Gasteiger partial charge on any atom is 0.220 e. The Kier molecular flexibility index (Phi) is 7.86. The molecule has 0 saturated heterocycles. The summed E-state index contributed by atoms with van der Waals surface area (Å²) >= 11 is 0. The zero-order valence-electron chi connectivity index (χ0n) is 18.8. The molecule has 0 atom stereocenters. The first-order valence-electron chi connectivity index (χ1n) is 10.7. The molecule has 0 amide bonds. The summed E-state index contributed by atoms with van der Waals surface area (Å²) in [5, 5.41) is 3.52. The van der Waals surface area contributed by atoms with Gasteiger partial charge in [-0.2, -0.15) is 4.57 Å². The van der Waals surface area contributed by atoms with E-state index in [2.05, 4.69) is 53.1 Å². The summed E-state index contributed by atoms with van der Waals surface area (Å²) < 4.78 is 35.2. The summed E-state index contributed by atoms with van der Waals surface area (Å²) in [6, 6.07) is 22.8. The number of ether oxygens (including phenoxy) is 1. The van der Waals surface area contributed by atoms with Crippen molar-refractivity contribution in [3.8, 4) is 11.3 Å². The molecular formula is C25H29N3O4S. The molecule has 4 N–H and O–H groups in total. The topological polar surface area (TPSA) is 122 Å². The number of pyridine rings is 1. The molecule has 8 heteroatoms. The lowest BCUT2D eigenvalue weighted by molar-refractivity contribution is -0.660. The van der Waals surface area contributed by atoms with E-state index in [0.717, 1.165) is 54.2 Å². The second-order valence-corrected chi connectivity index (χ2v) is 9.11. The number of nitrogen functional groups attached to an aromatic ring is 2. The van der Waals surface area contributed by atoms with Gasteiger partial charge in [0.1, 0.15) is 0 Å². The Labute approximate surface area is 194 Å². The highest BCUT2D eigenvalue weighted by molar-refractivity contribution is 7.84. The molecular weight excluding hydrogens is 438 g/mol. The van der Waals surface area contributed by atoms with E-state index in [0.29, 0.717) is 6.26 Å². The Morgan fingerprint density at radius 3 is 2.15 bits per heavy atom. The van der Waals surface area contributed by atoms with Crippen molar-refractivity contribution >= 4 is 43.2 Å². The van der Waals surface area contributed by atoms with Crippen LogP contribution in [0, 0.1) is 0 Å². The maximum atomic E-state index is 9.08. The van der Waals surface area contributed by atoms with Crippen LogP contribution in [-0.4, -0.2) is 32.4 Å². The molecule has 0 spiro atoms. The minimum absolute atomic E-state index is 0.604. The summed E-state index contributed by atoms with van der Waals surface area (Å²) in [6.45, 7) is 4.33. The van der Waals surface area contributed by atoms with Crippen LogP contribution in [0.2, 0.25) is 0 Å². The van der Waals surface area contributed by atoms with Crippen LogP contribution < -0.4 is 16.0 Å². The quantitative estimate of drug-likeness (QED) is 0.147. The number of rotatable bonds is 6. The van der Waals surface area contributed by atoms with Crippen LogP contribution in [0.4, 0.5) is 11.4 Å². The minimum atomic E-state index is -3.92. The van der Waals surface area contributed by atoms with Crippen LogP contribution in [0.25, 0.3) is 32.9 Å². The number of aryl methyl sites for hydroxylation is 1. The zero-order chi connectivity index (χ0) is 24.0.